The van der Waals surface area contributed by atoms with Gasteiger partial charge in [0.1, 0.15) is 17.2 Å². The van der Waals surface area contributed by atoms with Crippen molar-refractivity contribution in [2.45, 2.75) is 25.4 Å². The number of benzene rings is 2. The van der Waals surface area contributed by atoms with Crippen LogP contribution in [0.1, 0.15) is 19.8 Å². The fourth-order valence-corrected chi connectivity index (χ4v) is 4.14. The number of aromatic nitrogens is 3. The van der Waals surface area contributed by atoms with Gasteiger partial charge < -0.3 is 4.74 Å². The molecule has 0 N–H and O–H groups in total. The molecule has 0 unspecified atom stereocenters. The smallest absolute Gasteiger partial charge is 0.300 e. The fourth-order valence-electron chi connectivity index (χ4n) is 4.14. The second-order valence-electron chi connectivity index (χ2n) is 7.34. The van der Waals surface area contributed by atoms with Gasteiger partial charge in [0, 0.05) is 24.0 Å². The van der Waals surface area contributed by atoms with E-state index < -0.39 is 17.0 Å². The van der Waals surface area contributed by atoms with Crippen molar-refractivity contribution in [1.82, 2.24) is 14.8 Å². The van der Waals surface area contributed by atoms with Gasteiger partial charge >= 0.3 is 0 Å². The fraction of sp³-hybridized carbons (Fsp3) is 0.238. The number of hydrogen-bond donors (Lipinski definition) is 0. The van der Waals surface area contributed by atoms with E-state index >= 15 is 0 Å². The van der Waals surface area contributed by atoms with Crippen molar-refractivity contribution in [3.8, 4) is 28.4 Å². The van der Waals surface area contributed by atoms with Crippen LogP contribution in [-0.4, -0.2) is 27.8 Å². The van der Waals surface area contributed by atoms with E-state index in [0.29, 0.717) is 41.2 Å². The third-order valence-electron chi connectivity index (χ3n) is 5.62. The number of amides is 1. The maximum absolute atomic E-state index is 14.0. The summed E-state index contributed by atoms with van der Waals surface area (Å²) >= 11 is 0. The predicted molar refractivity (Wildman–Crippen MR) is 104 cm³/mol. The van der Waals surface area contributed by atoms with Crippen LogP contribution >= 0.6 is 0 Å². The lowest BCUT2D eigenvalue weighted by Crippen LogP contribution is -2.51. The molecule has 7 nitrogen and oxygen atoms in total. The minimum Gasteiger partial charge on any atom is -0.497 e. The van der Waals surface area contributed by atoms with Gasteiger partial charge in [-0.15, -0.1) is 0 Å². The van der Waals surface area contributed by atoms with E-state index in [1.54, 1.807) is 41.0 Å². The number of rotatable bonds is 2. The molecule has 1 fully saturated rings. The van der Waals surface area contributed by atoms with Gasteiger partial charge in [-0.2, -0.15) is 10.1 Å². The Balaban J connectivity index is 1.78. The predicted octanol–water partition coefficient (Wildman–Crippen LogP) is 2.93. The lowest BCUT2D eigenvalue weighted by atomic mass is 10.0. The summed E-state index contributed by atoms with van der Waals surface area (Å²) in [5.74, 6) is 0.423. The SMILES string of the molecule is COc1ccc(-c2nn3c(nc2=O)-c2ccc(F)cc2N2C(=O)CC[C@@]23C)cc1. The van der Waals surface area contributed by atoms with Gasteiger partial charge in [0.15, 0.2) is 11.5 Å². The van der Waals surface area contributed by atoms with E-state index in [0.717, 1.165) is 0 Å². The lowest BCUT2D eigenvalue weighted by Gasteiger charge is -2.42. The first-order chi connectivity index (χ1) is 13.9. The second kappa shape index (κ2) is 5.97. The first kappa shape index (κ1) is 17.5. The summed E-state index contributed by atoms with van der Waals surface area (Å²) in [4.78, 5) is 31.3. The highest BCUT2D eigenvalue weighted by atomic mass is 19.1. The largest absolute Gasteiger partial charge is 0.497 e. The molecule has 1 aromatic heterocycles. The van der Waals surface area contributed by atoms with Gasteiger partial charge in [0.05, 0.1) is 12.8 Å². The summed E-state index contributed by atoms with van der Waals surface area (Å²) in [6.07, 6.45) is 0.784. The lowest BCUT2D eigenvalue weighted by molar-refractivity contribution is -0.117. The van der Waals surface area contributed by atoms with Gasteiger partial charge in [-0.05, 0) is 49.4 Å². The Labute approximate surface area is 165 Å². The van der Waals surface area contributed by atoms with Crippen LogP contribution in [-0.2, 0) is 10.5 Å². The topological polar surface area (TPSA) is 77.3 Å². The van der Waals surface area contributed by atoms with Crippen molar-refractivity contribution in [2.24, 2.45) is 0 Å². The van der Waals surface area contributed by atoms with E-state index in [1.165, 1.54) is 18.2 Å². The Kier molecular flexibility index (Phi) is 3.61. The van der Waals surface area contributed by atoms with Crippen LogP contribution in [0.15, 0.2) is 47.3 Å². The molecule has 5 rings (SSSR count). The zero-order valence-electron chi connectivity index (χ0n) is 15.8. The Morgan fingerprint density at radius 1 is 1.14 bits per heavy atom. The van der Waals surface area contributed by atoms with E-state index in [-0.39, 0.29) is 11.6 Å². The molecular formula is C21H17FN4O3. The third kappa shape index (κ3) is 2.41. The molecular weight excluding hydrogens is 375 g/mol. The molecule has 3 aromatic rings. The Hall–Kier alpha value is -3.55. The monoisotopic (exact) mass is 392 g/mol. The van der Waals surface area contributed by atoms with Crippen molar-refractivity contribution in [3.63, 3.8) is 0 Å². The molecule has 2 aromatic carbocycles. The summed E-state index contributed by atoms with van der Waals surface area (Å²) < 4.78 is 20.7. The quantitative estimate of drug-likeness (QED) is 0.670. The van der Waals surface area contributed by atoms with Crippen molar-refractivity contribution in [1.29, 1.82) is 0 Å². The minimum absolute atomic E-state index is 0.114. The number of anilines is 1. The summed E-state index contributed by atoms with van der Waals surface area (Å²) in [5, 5.41) is 4.62. The molecule has 0 saturated carbocycles. The molecule has 0 spiro atoms. The van der Waals surface area contributed by atoms with Crippen molar-refractivity contribution >= 4 is 11.6 Å². The van der Waals surface area contributed by atoms with Crippen molar-refractivity contribution in [3.05, 3.63) is 58.6 Å². The van der Waals surface area contributed by atoms with Gasteiger partial charge in [0.2, 0.25) is 5.91 Å². The third-order valence-corrected chi connectivity index (χ3v) is 5.62. The Morgan fingerprint density at radius 2 is 1.90 bits per heavy atom. The summed E-state index contributed by atoms with van der Waals surface area (Å²) in [5.41, 5.74) is 0.351. The maximum atomic E-state index is 14.0. The van der Waals surface area contributed by atoms with Crippen LogP contribution < -0.4 is 15.2 Å². The van der Waals surface area contributed by atoms with Gasteiger partial charge in [-0.25, -0.2) is 9.07 Å². The Morgan fingerprint density at radius 3 is 2.62 bits per heavy atom. The Bertz CT molecular complexity index is 1220. The highest BCUT2D eigenvalue weighted by molar-refractivity contribution is 6.01. The van der Waals surface area contributed by atoms with E-state index in [4.69, 9.17) is 4.74 Å². The summed E-state index contributed by atoms with van der Waals surface area (Å²) in [7, 11) is 1.56. The highest BCUT2D eigenvalue weighted by Crippen LogP contribution is 2.47. The average molecular weight is 392 g/mol. The molecule has 2 aliphatic rings. The van der Waals surface area contributed by atoms with Crippen molar-refractivity contribution in [2.75, 3.05) is 12.0 Å². The molecule has 0 aliphatic carbocycles. The number of ether oxygens (including phenoxy) is 1. The molecule has 146 valence electrons. The number of carbonyl (C=O) groups excluding carboxylic acids is 1. The molecule has 29 heavy (non-hydrogen) atoms. The zero-order chi connectivity index (χ0) is 20.3. The standard InChI is InChI=1S/C21H17FN4O3/c1-21-10-9-17(27)25(21)16-11-13(22)5-8-15(16)19-23-20(28)18(24-26(19)21)12-3-6-14(29-2)7-4-12/h3-8,11H,9-10H2,1-2H3/t21-/m0/s1. The normalized spacial score (nSPS) is 19.6. The summed E-state index contributed by atoms with van der Waals surface area (Å²) in [6, 6.07) is 11.1. The van der Waals surface area contributed by atoms with Crippen LogP contribution in [0.5, 0.6) is 5.75 Å². The molecule has 3 heterocycles. The van der Waals surface area contributed by atoms with E-state index in [2.05, 4.69) is 10.1 Å². The molecule has 2 aliphatic heterocycles. The zero-order valence-corrected chi connectivity index (χ0v) is 15.8. The molecule has 1 atom stereocenters. The van der Waals surface area contributed by atoms with Gasteiger partial charge in [-0.3, -0.25) is 14.5 Å². The van der Waals surface area contributed by atoms with Crippen LogP contribution in [0.3, 0.4) is 0 Å². The molecule has 0 bridgehead atoms. The van der Waals surface area contributed by atoms with Crippen LogP contribution in [0, 0.1) is 5.82 Å². The van der Waals surface area contributed by atoms with E-state index in [1.807, 2.05) is 6.92 Å². The first-order valence-corrected chi connectivity index (χ1v) is 9.21. The number of hydrogen-bond acceptors (Lipinski definition) is 5. The van der Waals surface area contributed by atoms with Crippen LogP contribution in [0.2, 0.25) is 0 Å². The number of methoxy groups -OCH3 is 1. The van der Waals surface area contributed by atoms with Crippen LogP contribution in [0.4, 0.5) is 10.1 Å². The maximum Gasteiger partial charge on any atom is 0.300 e. The first-order valence-electron chi connectivity index (χ1n) is 9.21. The van der Waals surface area contributed by atoms with Crippen LogP contribution in [0.25, 0.3) is 22.6 Å². The molecule has 8 heteroatoms. The number of fused-ring (bicyclic) bond motifs is 6. The highest BCUT2D eigenvalue weighted by Gasteiger charge is 2.50. The number of nitrogens with zero attached hydrogens (tertiary/aromatic N) is 4. The minimum atomic E-state index is -0.866. The van der Waals surface area contributed by atoms with Gasteiger partial charge in [0.25, 0.3) is 5.56 Å². The molecule has 1 saturated heterocycles. The summed E-state index contributed by atoms with van der Waals surface area (Å²) in [6.45, 7) is 1.85. The van der Waals surface area contributed by atoms with E-state index in [9.17, 15) is 14.0 Å². The van der Waals surface area contributed by atoms with Gasteiger partial charge in [-0.1, -0.05) is 0 Å². The second-order valence-corrected chi connectivity index (χ2v) is 7.34. The number of halogens is 1. The molecule has 1 amide bonds. The van der Waals surface area contributed by atoms with Crippen molar-refractivity contribution < 1.29 is 13.9 Å². The average Bonchev–Trinajstić information content (AvgIpc) is 3.03. The number of carbonyl (C=O) groups is 1. The molecule has 0 radical (unpaired) electrons.